The van der Waals surface area contributed by atoms with Crippen molar-refractivity contribution in [3.63, 3.8) is 0 Å². The van der Waals surface area contributed by atoms with Crippen LogP contribution in [0, 0.1) is 0 Å². The maximum absolute atomic E-state index is 13.3. The number of rotatable bonds is 6. The number of carbonyl (C=O) groups excluding carboxylic acids is 1. The monoisotopic (exact) mass is 374 g/mol. The lowest BCUT2D eigenvalue weighted by Gasteiger charge is -2.07. The van der Waals surface area contributed by atoms with Gasteiger partial charge in [-0.15, -0.1) is 0 Å². The molecule has 0 atom stereocenters. The summed E-state index contributed by atoms with van der Waals surface area (Å²) in [5, 5.41) is 9.54. The third-order valence-corrected chi connectivity index (χ3v) is 3.82. The average Bonchev–Trinajstić information content (AvgIpc) is 3.04. The minimum absolute atomic E-state index is 0.0249. The van der Waals surface area contributed by atoms with Gasteiger partial charge in [-0.1, -0.05) is 18.2 Å². The molecule has 0 aliphatic rings. The van der Waals surface area contributed by atoms with Crippen molar-refractivity contribution in [1.82, 2.24) is 9.55 Å². The Kier molecular flexibility index (Phi) is 5.35. The largest absolute Gasteiger partial charge is 0.504 e. The number of esters is 1. The Balaban J connectivity index is 1.71. The minimum Gasteiger partial charge on any atom is -0.504 e. The van der Waals surface area contributed by atoms with Crippen LogP contribution in [-0.4, -0.2) is 27.7 Å². The molecule has 140 valence electrons. The third kappa shape index (κ3) is 4.05. The number of fused-ring (bicyclic) bond motifs is 1. The van der Waals surface area contributed by atoms with Gasteiger partial charge in [-0.2, -0.15) is 8.78 Å². The maximum atomic E-state index is 13.3. The Morgan fingerprint density at radius 2 is 2.07 bits per heavy atom. The van der Waals surface area contributed by atoms with E-state index in [0.717, 1.165) is 10.6 Å². The van der Waals surface area contributed by atoms with E-state index in [1.807, 2.05) is 0 Å². The summed E-state index contributed by atoms with van der Waals surface area (Å²) in [6, 6.07) is 11.0. The fraction of sp³-hybridized carbons (Fsp3) is 0.158. The first-order valence-electron chi connectivity index (χ1n) is 7.95. The van der Waals surface area contributed by atoms with Crippen molar-refractivity contribution in [2.24, 2.45) is 0 Å². The van der Waals surface area contributed by atoms with Crippen molar-refractivity contribution < 1.29 is 28.2 Å². The van der Waals surface area contributed by atoms with Gasteiger partial charge >= 0.3 is 12.5 Å². The Morgan fingerprint density at radius 3 is 2.81 bits per heavy atom. The summed E-state index contributed by atoms with van der Waals surface area (Å²) in [6.07, 6.45) is 2.61. The summed E-state index contributed by atoms with van der Waals surface area (Å²) in [5.41, 5.74) is 1.27. The molecule has 0 radical (unpaired) electrons. The summed E-state index contributed by atoms with van der Waals surface area (Å²) >= 11 is 0. The van der Waals surface area contributed by atoms with Crippen LogP contribution in [0.25, 0.3) is 17.1 Å². The highest BCUT2D eigenvalue weighted by molar-refractivity contribution is 5.87. The fourth-order valence-corrected chi connectivity index (χ4v) is 2.56. The van der Waals surface area contributed by atoms with Crippen LogP contribution in [0.1, 0.15) is 17.9 Å². The number of ether oxygens (including phenoxy) is 2. The number of nitrogens with zero attached hydrogens (tertiary/aromatic N) is 2. The van der Waals surface area contributed by atoms with Crippen molar-refractivity contribution in [2.45, 2.75) is 13.2 Å². The molecule has 0 aliphatic carbocycles. The quantitative estimate of drug-likeness (QED) is 0.523. The van der Waals surface area contributed by atoms with Crippen LogP contribution in [0.15, 0.2) is 48.5 Å². The highest BCUT2D eigenvalue weighted by atomic mass is 19.3. The molecule has 27 heavy (non-hydrogen) atoms. The molecule has 0 fully saturated rings. The normalized spacial score (nSPS) is 11.4. The van der Waals surface area contributed by atoms with Crippen molar-refractivity contribution in [3.05, 3.63) is 59.9 Å². The van der Waals surface area contributed by atoms with Crippen LogP contribution in [0.2, 0.25) is 0 Å². The van der Waals surface area contributed by atoms with Crippen molar-refractivity contribution in [2.75, 3.05) is 7.11 Å². The van der Waals surface area contributed by atoms with E-state index in [0.29, 0.717) is 11.1 Å². The topological polar surface area (TPSA) is 73.6 Å². The average molecular weight is 374 g/mol. The number of halogens is 2. The molecule has 0 saturated carbocycles. The van der Waals surface area contributed by atoms with Crippen LogP contribution >= 0.6 is 0 Å². The smallest absolute Gasteiger partial charge is 0.331 e. The van der Waals surface area contributed by atoms with Gasteiger partial charge in [0.15, 0.2) is 17.3 Å². The highest BCUT2D eigenvalue weighted by Crippen LogP contribution is 2.27. The zero-order chi connectivity index (χ0) is 19.4. The van der Waals surface area contributed by atoms with Gasteiger partial charge in [0.05, 0.1) is 18.1 Å². The predicted octanol–water partition coefficient (Wildman–Crippen LogP) is 3.90. The van der Waals surface area contributed by atoms with Gasteiger partial charge in [0.1, 0.15) is 6.61 Å². The van der Waals surface area contributed by atoms with Gasteiger partial charge in [-0.3, -0.25) is 4.57 Å². The lowest BCUT2D eigenvalue weighted by Crippen LogP contribution is -2.09. The molecule has 3 rings (SSSR count). The highest BCUT2D eigenvalue weighted by Gasteiger charge is 2.18. The van der Waals surface area contributed by atoms with Crippen LogP contribution in [0.3, 0.4) is 0 Å². The van der Waals surface area contributed by atoms with Gasteiger partial charge in [-0.25, -0.2) is 9.78 Å². The Bertz CT molecular complexity index is 999. The van der Waals surface area contributed by atoms with Crippen molar-refractivity contribution in [1.29, 1.82) is 0 Å². The predicted molar refractivity (Wildman–Crippen MR) is 94.5 cm³/mol. The minimum atomic E-state index is -2.80. The number of aromatic nitrogens is 2. The Hall–Kier alpha value is -3.42. The maximum Gasteiger partial charge on any atom is 0.331 e. The van der Waals surface area contributed by atoms with E-state index in [9.17, 15) is 18.7 Å². The number of imidazole rings is 1. The van der Waals surface area contributed by atoms with Crippen molar-refractivity contribution in [3.8, 4) is 11.5 Å². The van der Waals surface area contributed by atoms with E-state index in [4.69, 9.17) is 9.47 Å². The first-order valence-corrected chi connectivity index (χ1v) is 7.95. The second kappa shape index (κ2) is 7.86. The number of alkyl halides is 2. The zero-order valence-electron chi connectivity index (χ0n) is 14.3. The molecule has 1 aromatic heterocycles. The summed E-state index contributed by atoms with van der Waals surface area (Å²) in [4.78, 5) is 16.0. The lowest BCUT2D eigenvalue weighted by atomic mass is 10.2. The van der Waals surface area contributed by atoms with Gasteiger partial charge in [-0.05, 0) is 35.9 Å². The zero-order valence-corrected chi connectivity index (χ0v) is 14.3. The number of phenolic OH excluding ortho intramolecular Hbond substituents is 1. The van der Waals surface area contributed by atoms with Crippen LogP contribution in [0.5, 0.6) is 11.5 Å². The molecule has 1 N–H and O–H groups in total. The SMILES string of the molecule is COc1cc(/C=C/C(=O)OCc2nc3ccccc3n2C(F)F)ccc1O. The standard InChI is InChI=1S/C19H16F2N2O4/c1-26-16-10-12(6-8-15(16)24)7-9-18(25)27-11-17-22-13-4-2-3-5-14(13)23(17)19(20)21/h2-10,19,24H,11H2,1H3/b9-7+. The molecule has 0 spiro atoms. The molecule has 6 nitrogen and oxygen atoms in total. The van der Waals surface area contributed by atoms with E-state index in [2.05, 4.69) is 4.98 Å². The van der Waals surface area contributed by atoms with E-state index < -0.39 is 12.5 Å². The Morgan fingerprint density at radius 1 is 1.30 bits per heavy atom. The van der Waals surface area contributed by atoms with Gasteiger partial charge < -0.3 is 14.6 Å². The van der Waals surface area contributed by atoms with Gasteiger partial charge in [0, 0.05) is 6.08 Å². The molecule has 2 aromatic carbocycles. The summed E-state index contributed by atoms with van der Waals surface area (Å²) in [6.45, 7) is -3.19. The first-order chi connectivity index (χ1) is 13.0. The van der Waals surface area contributed by atoms with E-state index in [1.54, 1.807) is 24.3 Å². The Labute approximate surface area is 153 Å². The summed E-state index contributed by atoms with van der Waals surface area (Å²) in [5.74, 6) is -0.520. The third-order valence-electron chi connectivity index (χ3n) is 3.82. The van der Waals surface area contributed by atoms with Gasteiger partial charge in [0.2, 0.25) is 0 Å². The number of hydrogen-bond acceptors (Lipinski definition) is 5. The number of carbonyl (C=O) groups is 1. The number of benzene rings is 2. The summed E-state index contributed by atoms with van der Waals surface area (Å²) < 4.78 is 37.4. The molecule has 0 aliphatic heterocycles. The van der Waals surface area contributed by atoms with E-state index in [-0.39, 0.29) is 29.4 Å². The number of para-hydroxylation sites is 2. The second-order valence-corrected chi connectivity index (χ2v) is 5.54. The van der Waals surface area contributed by atoms with Crippen LogP contribution in [-0.2, 0) is 16.1 Å². The molecular formula is C19H16F2N2O4. The van der Waals surface area contributed by atoms with Gasteiger partial charge in [0.25, 0.3) is 0 Å². The van der Waals surface area contributed by atoms with Crippen LogP contribution < -0.4 is 4.74 Å². The number of hydrogen-bond donors (Lipinski definition) is 1. The number of methoxy groups -OCH3 is 1. The molecule has 0 saturated heterocycles. The van der Waals surface area contributed by atoms with Crippen LogP contribution in [0.4, 0.5) is 8.78 Å². The fourth-order valence-electron chi connectivity index (χ4n) is 2.56. The second-order valence-electron chi connectivity index (χ2n) is 5.54. The number of aromatic hydroxyl groups is 1. The molecule has 1 heterocycles. The molecule has 3 aromatic rings. The van der Waals surface area contributed by atoms with E-state index in [1.165, 1.54) is 31.4 Å². The molecular weight excluding hydrogens is 358 g/mol. The molecule has 0 amide bonds. The molecule has 0 bridgehead atoms. The number of phenols is 1. The molecule has 0 unspecified atom stereocenters. The van der Waals surface area contributed by atoms with Crippen molar-refractivity contribution >= 4 is 23.1 Å². The first kappa shape index (κ1) is 18.4. The molecule has 8 heteroatoms. The van der Waals surface area contributed by atoms with E-state index >= 15 is 0 Å². The summed E-state index contributed by atoms with van der Waals surface area (Å²) in [7, 11) is 1.41. The lowest BCUT2D eigenvalue weighted by molar-refractivity contribution is -0.139.